The average molecular weight is 724 g/mol. The van der Waals surface area contributed by atoms with Crippen molar-refractivity contribution in [2.45, 2.75) is 50.3 Å². The van der Waals surface area contributed by atoms with Crippen LogP contribution in [0.5, 0.6) is 11.5 Å². The number of methoxy groups -OCH3 is 2. The third-order valence-corrected chi connectivity index (χ3v) is 15.7. The van der Waals surface area contributed by atoms with Crippen molar-refractivity contribution < 1.29 is 31.1 Å². The molecule has 1 aliphatic rings. The molecule has 0 atom stereocenters. The summed E-state index contributed by atoms with van der Waals surface area (Å²) >= 11 is 3.46. The number of halogens is 3. The van der Waals surface area contributed by atoms with E-state index >= 15 is 8.78 Å². The first kappa shape index (κ1) is 33.2. The van der Waals surface area contributed by atoms with E-state index in [2.05, 4.69) is 54.8 Å². The number of anilines is 2. The number of benzene rings is 2. The maximum Gasteiger partial charge on any atom is 0.270 e. The predicted molar refractivity (Wildman–Crippen MR) is 177 cm³/mol. The Morgan fingerprint density at radius 3 is 2.20 bits per heavy atom. The zero-order chi connectivity index (χ0) is 32.9. The second-order valence-corrected chi connectivity index (χ2v) is 19.8. The van der Waals surface area contributed by atoms with E-state index in [-0.39, 0.29) is 46.0 Å². The number of aromatic nitrogens is 2. The molecular formula is C31H37BrF2N4O5SSi. The molecule has 0 amide bonds. The largest absolute Gasteiger partial charge is 0.493 e. The molecule has 2 aromatic heterocycles. The predicted octanol–water partition coefficient (Wildman–Crippen LogP) is 7.14. The normalized spacial score (nSPS) is 14.2. The van der Waals surface area contributed by atoms with E-state index in [1.54, 1.807) is 35.4 Å². The SMILES string of the molecule is COc1cc(OC)c(F)c(N2Cc3cnc4c(cc(Br)n4S(=O)(=O)c4ccccc4)c3N(CCO[Si](C)(C)C(C)(C)C)C2)c1F. The second-order valence-electron chi connectivity index (χ2n) is 12.4. The van der Waals surface area contributed by atoms with Gasteiger partial charge in [-0.25, -0.2) is 26.2 Å². The molecule has 242 valence electrons. The molecule has 0 unspecified atom stereocenters. The Balaban J connectivity index is 1.65. The Labute approximate surface area is 272 Å². The van der Waals surface area contributed by atoms with Crippen LogP contribution >= 0.6 is 15.9 Å². The van der Waals surface area contributed by atoms with Gasteiger partial charge in [-0.1, -0.05) is 39.0 Å². The van der Waals surface area contributed by atoms with Crippen LogP contribution < -0.4 is 19.3 Å². The van der Waals surface area contributed by atoms with Crippen LogP contribution in [0, 0.1) is 11.6 Å². The Hall–Kier alpha value is -3.20. The highest BCUT2D eigenvalue weighted by Gasteiger charge is 2.38. The highest BCUT2D eigenvalue weighted by molar-refractivity contribution is 9.10. The highest BCUT2D eigenvalue weighted by Crippen LogP contribution is 2.43. The standard InChI is InChI=1S/C31H37BrF2N4O5SSi/c1-31(2,3)45(6,7)43-14-13-36-19-37(29-26(33)23(41-4)16-24(42-5)27(29)34)18-20-17-35-30-22(28(20)36)15-25(32)38(30)44(39,40)21-11-9-8-10-12-21/h8-12,15-17H,13-14,18-19H2,1-7H3. The van der Waals surface area contributed by atoms with Crippen molar-refractivity contribution in [1.29, 1.82) is 0 Å². The number of ether oxygens (including phenoxy) is 2. The smallest absolute Gasteiger partial charge is 0.270 e. The first-order chi connectivity index (χ1) is 21.1. The minimum atomic E-state index is -4.00. The molecule has 0 saturated heterocycles. The van der Waals surface area contributed by atoms with Crippen molar-refractivity contribution in [3.63, 3.8) is 0 Å². The first-order valence-corrected chi connectivity index (χ1v) is 19.5. The van der Waals surface area contributed by atoms with Gasteiger partial charge in [-0.3, -0.25) is 0 Å². The molecule has 9 nitrogen and oxygen atoms in total. The zero-order valence-electron chi connectivity index (χ0n) is 26.3. The van der Waals surface area contributed by atoms with Gasteiger partial charge in [0, 0.05) is 36.3 Å². The van der Waals surface area contributed by atoms with Crippen LogP contribution in [0.1, 0.15) is 26.3 Å². The van der Waals surface area contributed by atoms with Crippen LogP contribution in [-0.4, -0.2) is 59.7 Å². The molecule has 0 radical (unpaired) electrons. The zero-order valence-corrected chi connectivity index (χ0v) is 29.7. The molecule has 0 bridgehead atoms. The van der Waals surface area contributed by atoms with Crippen molar-refractivity contribution >= 4 is 56.7 Å². The molecule has 45 heavy (non-hydrogen) atoms. The number of pyridine rings is 1. The van der Waals surface area contributed by atoms with Crippen molar-refractivity contribution in [3.8, 4) is 11.5 Å². The monoisotopic (exact) mass is 722 g/mol. The summed E-state index contributed by atoms with van der Waals surface area (Å²) in [6, 6.07) is 11.0. The number of rotatable bonds is 9. The van der Waals surface area contributed by atoms with Gasteiger partial charge >= 0.3 is 0 Å². The molecule has 0 saturated carbocycles. The summed E-state index contributed by atoms with van der Waals surface area (Å²) in [4.78, 5) is 8.20. The van der Waals surface area contributed by atoms with E-state index in [0.29, 0.717) is 34.4 Å². The van der Waals surface area contributed by atoms with Crippen LogP contribution in [0.15, 0.2) is 58.2 Å². The van der Waals surface area contributed by atoms with E-state index in [9.17, 15) is 8.42 Å². The van der Waals surface area contributed by atoms with E-state index in [4.69, 9.17) is 13.9 Å². The third-order valence-electron chi connectivity index (χ3n) is 8.59. The molecule has 0 N–H and O–H groups in total. The van der Waals surface area contributed by atoms with E-state index in [1.807, 2.05) is 4.90 Å². The Morgan fingerprint density at radius 2 is 1.62 bits per heavy atom. The summed E-state index contributed by atoms with van der Waals surface area (Å²) in [5, 5.41) is 0.558. The molecule has 1 aliphatic heterocycles. The molecule has 14 heteroatoms. The number of hydrogen-bond donors (Lipinski definition) is 0. The van der Waals surface area contributed by atoms with Gasteiger partial charge in [-0.05, 0) is 52.3 Å². The minimum Gasteiger partial charge on any atom is -0.493 e. The summed E-state index contributed by atoms with van der Waals surface area (Å²) in [5.41, 5.74) is 1.31. The van der Waals surface area contributed by atoms with Gasteiger partial charge in [0.25, 0.3) is 10.0 Å². The van der Waals surface area contributed by atoms with Crippen molar-refractivity contribution in [2.24, 2.45) is 0 Å². The molecule has 0 spiro atoms. The van der Waals surface area contributed by atoms with E-state index in [1.165, 1.54) is 36.4 Å². The van der Waals surface area contributed by atoms with Crippen molar-refractivity contribution in [2.75, 3.05) is 43.8 Å². The lowest BCUT2D eigenvalue weighted by molar-refractivity contribution is 0.293. The van der Waals surface area contributed by atoms with Crippen LogP contribution in [0.25, 0.3) is 11.0 Å². The Morgan fingerprint density at radius 1 is 1.00 bits per heavy atom. The van der Waals surface area contributed by atoms with Crippen molar-refractivity contribution in [1.82, 2.24) is 8.96 Å². The molecular weight excluding hydrogens is 686 g/mol. The first-order valence-electron chi connectivity index (χ1n) is 14.4. The van der Waals surface area contributed by atoms with Gasteiger partial charge in [-0.15, -0.1) is 0 Å². The second kappa shape index (κ2) is 12.2. The highest BCUT2D eigenvalue weighted by atomic mass is 79.9. The number of fused-ring (bicyclic) bond motifs is 3. The fourth-order valence-electron chi connectivity index (χ4n) is 5.18. The van der Waals surface area contributed by atoms with Crippen LogP contribution in [-0.2, 0) is 21.0 Å². The summed E-state index contributed by atoms with van der Waals surface area (Å²) in [7, 11) is -3.50. The molecule has 0 fully saturated rings. The van der Waals surface area contributed by atoms with Gasteiger partial charge in [0.1, 0.15) is 10.3 Å². The van der Waals surface area contributed by atoms with Gasteiger partial charge in [-0.2, -0.15) is 0 Å². The van der Waals surface area contributed by atoms with Crippen LogP contribution in [0.2, 0.25) is 18.1 Å². The van der Waals surface area contributed by atoms with Crippen molar-refractivity contribution in [3.05, 3.63) is 70.5 Å². The molecule has 3 heterocycles. The van der Waals surface area contributed by atoms with Crippen LogP contribution in [0.4, 0.5) is 20.2 Å². The number of nitrogens with zero attached hydrogens (tertiary/aromatic N) is 4. The summed E-state index contributed by atoms with van der Waals surface area (Å²) in [5.74, 6) is -2.01. The molecule has 0 aliphatic carbocycles. The maximum absolute atomic E-state index is 15.7. The Bertz CT molecular complexity index is 1820. The van der Waals surface area contributed by atoms with Gasteiger partial charge in [0.2, 0.25) is 0 Å². The summed E-state index contributed by atoms with van der Waals surface area (Å²) in [6.07, 6.45) is 1.56. The lowest BCUT2D eigenvalue weighted by atomic mass is 10.1. The quantitative estimate of drug-likeness (QED) is 0.169. The fourth-order valence-corrected chi connectivity index (χ4v) is 8.55. The Kier molecular flexibility index (Phi) is 8.99. The minimum absolute atomic E-state index is 0.0205. The van der Waals surface area contributed by atoms with Gasteiger partial charge in [0.05, 0.1) is 38.1 Å². The van der Waals surface area contributed by atoms with Gasteiger partial charge < -0.3 is 23.7 Å². The summed E-state index contributed by atoms with van der Waals surface area (Å²) in [6.45, 7) is 11.7. The van der Waals surface area contributed by atoms with Crippen LogP contribution in [0.3, 0.4) is 0 Å². The third kappa shape index (κ3) is 5.93. The maximum atomic E-state index is 15.7. The van der Waals surface area contributed by atoms with E-state index in [0.717, 1.165) is 0 Å². The number of hydrogen-bond acceptors (Lipinski definition) is 8. The molecule has 5 rings (SSSR count). The lowest BCUT2D eigenvalue weighted by Gasteiger charge is -2.41. The lowest BCUT2D eigenvalue weighted by Crippen LogP contribution is -2.47. The summed E-state index contributed by atoms with van der Waals surface area (Å²) < 4.78 is 77.2. The van der Waals surface area contributed by atoms with Gasteiger partial charge in [0.15, 0.2) is 37.1 Å². The molecule has 4 aromatic rings. The average Bonchev–Trinajstić information content (AvgIpc) is 3.33. The fraction of sp³-hybridized carbons (Fsp3) is 0.387. The molecule has 2 aromatic carbocycles. The van der Waals surface area contributed by atoms with E-state index < -0.39 is 30.0 Å². The topological polar surface area (TPSA) is 86.1 Å².